The number of rotatable bonds is 7. The standard InChI is InChI=1S/C63H63N3O/c1-39-32-41(3)59(67)52(33-39)60-65-58-51(46-35-47(37-49(36-46)62(7,8)9)54-38-44(30-31-64-54)42-24-27-48(28-25-42)61(4,5)6)21-17-23-56(58)66(60)55-29-26-45(34-40(55)2)57-50(43-18-14-13-15-19-43)20-16-22-53(57)63(10,11)12/h13-38,67H,1-12H3/i2D3,4D3,5D3,6D3,24D,25D,27D,28D. The first-order chi connectivity index (χ1) is 38.4. The van der Waals surface area contributed by atoms with Crippen molar-refractivity contribution in [2.45, 2.75) is 99.0 Å². The van der Waals surface area contributed by atoms with Gasteiger partial charge in [-0.15, -0.1) is 0 Å². The maximum Gasteiger partial charge on any atom is 0.149 e. The van der Waals surface area contributed by atoms with E-state index in [9.17, 15) is 9.22 Å². The molecule has 0 aliphatic carbocycles. The minimum atomic E-state index is -3.83. The Hall–Kier alpha value is -7.04. The Morgan fingerprint density at radius 3 is 2.00 bits per heavy atom. The lowest BCUT2D eigenvalue weighted by Crippen LogP contribution is -2.13. The third kappa shape index (κ3) is 8.74. The molecule has 336 valence electrons. The Bertz CT molecular complexity index is 3960. The van der Waals surface area contributed by atoms with Crippen molar-refractivity contribution in [3.8, 4) is 78.6 Å². The zero-order valence-corrected chi connectivity index (χ0v) is 39.0. The molecule has 0 unspecified atom stereocenters. The van der Waals surface area contributed by atoms with Gasteiger partial charge < -0.3 is 5.11 Å². The molecule has 0 atom stereocenters. The molecule has 1 N–H and O–H groups in total. The number of hydrogen-bond donors (Lipinski definition) is 1. The second kappa shape index (κ2) is 17.0. The number of nitrogens with zero attached hydrogens (tertiary/aromatic N) is 3. The minimum Gasteiger partial charge on any atom is -0.507 e. The highest BCUT2D eigenvalue weighted by molar-refractivity contribution is 5.97. The Morgan fingerprint density at radius 2 is 1.28 bits per heavy atom. The number of pyridine rings is 1. The van der Waals surface area contributed by atoms with Gasteiger partial charge in [-0.1, -0.05) is 165 Å². The highest BCUT2D eigenvalue weighted by Gasteiger charge is 2.26. The van der Waals surface area contributed by atoms with Crippen LogP contribution in [0.4, 0.5) is 0 Å². The normalized spacial score (nSPS) is 16.5. The lowest BCUT2D eigenvalue weighted by molar-refractivity contribution is 0.472. The van der Waals surface area contributed by atoms with E-state index in [0.717, 1.165) is 33.4 Å². The van der Waals surface area contributed by atoms with Crippen molar-refractivity contribution in [2.75, 3.05) is 0 Å². The molecule has 4 nitrogen and oxygen atoms in total. The van der Waals surface area contributed by atoms with Crippen molar-refractivity contribution < 1.29 is 27.0 Å². The maximum atomic E-state index is 11.9. The number of aromatic hydroxyl groups is 1. The van der Waals surface area contributed by atoms with E-state index in [1.807, 2.05) is 125 Å². The van der Waals surface area contributed by atoms with Crippen LogP contribution in [0.3, 0.4) is 0 Å². The predicted octanol–water partition coefficient (Wildman–Crippen LogP) is 16.9. The van der Waals surface area contributed by atoms with Gasteiger partial charge in [0.1, 0.15) is 11.6 Å². The SMILES string of the molecule is [2H]c1c([2H])c(C(C([2H])([2H])[2H])(C([2H])([2H])[2H])C([2H])([2H])[2H])c([2H])c([2H])c1-c1ccnc(-c2cc(-c3cccc4c3nc(-c3cc(C)cc(C)c3O)n4-c3ccc(-c4c(-c5ccccc5)cccc4C(C)(C)C)cc3C([2H])([2H])[2H])cc(C(C)(C)C)c2)c1. The Kier molecular flexibility index (Phi) is 7.50. The molecular weight excluding hydrogens is 815 g/mol. The van der Waals surface area contributed by atoms with E-state index in [1.165, 1.54) is 18.3 Å². The highest BCUT2D eigenvalue weighted by Crippen LogP contribution is 2.44. The summed E-state index contributed by atoms with van der Waals surface area (Å²) < 4.78 is 140. The van der Waals surface area contributed by atoms with E-state index in [1.54, 1.807) is 17.6 Å². The van der Waals surface area contributed by atoms with Crippen molar-refractivity contribution in [1.82, 2.24) is 14.5 Å². The summed E-state index contributed by atoms with van der Waals surface area (Å²) in [7, 11) is 0. The van der Waals surface area contributed by atoms with Gasteiger partial charge in [0.25, 0.3) is 0 Å². The number of aryl methyl sites for hydroxylation is 3. The van der Waals surface area contributed by atoms with Crippen molar-refractivity contribution >= 4 is 11.0 Å². The van der Waals surface area contributed by atoms with E-state index in [4.69, 9.17) is 27.8 Å². The third-order valence-electron chi connectivity index (χ3n) is 12.3. The van der Waals surface area contributed by atoms with Crippen molar-refractivity contribution in [3.05, 3.63) is 191 Å². The van der Waals surface area contributed by atoms with Gasteiger partial charge in [-0.2, -0.15) is 0 Å². The van der Waals surface area contributed by atoms with Crippen LogP contribution in [-0.2, 0) is 16.2 Å². The summed E-state index contributed by atoms with van der Waals surface area (Å²) in [4.78, 5) is 10.1. The van der Waals surface area contributed by atoms with Gasteiger partial charge in [0.2, 0.25) is 0 Å². The number of benzene rings is 7. The first-order valence-electron chi connectivity index (χ1n) is 30.3. The number of aromatic nitrogens is 3. The average Bonchev–Trinajstić information content (AvgIpc) is 1.30. The number of imidazole rings is 1. The fourth-order valence-electron chi connectivity index (χ4n) is 8.87. The van der Waals surface area contributed by atoms with Crippen LogP contribution in [0.5, 0.6) is 5.75 Å². The van der Waals surface area contributed by atoms with Gasteiger partial charge in [0, 0.05) is 33.8 Å². The zero-order valence-electron chi connectivity index (χ0n) is 55.0. The minimum absolute atomic E-state index is 0.0297. The number of fused-ring (bicyclic) bond motifs is 1. The Labute approximate surface area is 420 Å². The van der Waals surface area contributed by atoms with E-state index >= 15 is 0 Å². The number of hydrogen-bond acceptors (Lipinski definition) is 3. The van der Waals surface area contributed by atoms with Crippen molar-refractivity contribution in [3.63, 3.8) is 0 Å². The summed E-state index contributed by atoms with van der Waals surface area (Å²) in [5.74, 6) is 0.259. The van der Waals surface area contributed by atoms with Crippen LogP contribution in [0.15, 0.2) is 158 Å². The zero-order chi connectivity index (χ0) is 61.1. The number of phenolic OH excluding ortho intramolecular Hbond substituents is 1. The van der Waals surface area contributed by atoms with E-state index in [-0.39, 0.29) is 33.7 Å². The van der Waals surface area contributed by atoms with E-state index < -0.39 is 68.0 Å². The van der Waals surface area contributed by atoms with Crippen molar-refractivity contribution in [2.24, 2.45) is 0 Å². The lowest BCUT2D eigenvalue weighted by atomic mass is 9.78. The largest absolute Gasteiger partial charge is 0.507 e. The predicted molar refractivity (Wildman–Crippen MR) is 283 cm³/mol. The topological polar surface area (TPSA) is 50.9 Å². The molecule has 9 rings (SSSR count). The second-order valence-electron chi connectivity index (χ2n) is 19.5. The molecule has 2 heterocycles. The monoisotopic (exact) mass is 894 g/mol. The maximum absolute atomic E-state index is 11.9. The van der Waals surface area contributed by atoms with Gasteiger partial charge in [-0.3, -0.25) is 9.55 Å². The molecule has 0 saturated heterocycles. The Balaban J connectivity index is 1.28. The van der Waals surface area contributed by atoms with Crippen LogP contribution < -0.4 is 0 Å². The average molecular weight is 894 g/mol. The molecule has 4 heteroatoms. The summed E-state index contributed by atoms with van der Waals surface area (Å²) in [6, 6.07) is 35.8. The molecular formula is C63H63N3O. The number of phenols is 1. The van der Waals surface area contributed by atoms with Crippen LogP contribution >= 0.6 is 0 Å². The Morgan fingerprint density at radius 1 is 0.552 bits per heavy atom. The number of para-hydroxylation sites is 1. The van der Waals surface area contributed by atoms with Crippen LogP contribution in [0, 0.1) is 20.7 Å². The van der Waals surface area contributed by atoms with Gasteiger partial charge in [0.05, 0.1) is 33.5 Å². The summed E-state index contributed by atoms with van der Waals surface area (Å²) in [5, 5.41) is 11.9. The first kappa shape index (κ1) is 29.6. The molecule has 0 bridgehead atoms. The van der Waals surface area contributed by atoms with Crippen molar-refractivity contribution in [1.29, 1.82) is 0 Å². The highest BCUT2D eigenvalue weighted by atomic mass is 16.3. The first-order valence-corrected chi connectivity index (χ1v) is 22.3. The molecule has 0 saturated carbocycles. The summed E-state index contributed by atoms with van der Waals surface area (Å²) >= 11 is 0. The smallest absolute Gasteiger partial charge is 0.149 e. The van der Waals surface area contributed by atoms with Gasteiger partial charge in [0.15, 0.2) is 0 Å². The van der Waals surface area contributed by atoms with Crippen LogP contribution in [0.1, 0.15) is 117 Å². The molecule has 0 radical (unpaired) electrons. The fraction of sp³-hybridized carbons (Fsp3) is 0.238. The van der Waals surface area contributed by atoms with Crippen LogP contribution in [0.2, 0.25) is 0 Å². The van der Waals surface area contributed by atoms with Gasteiger partial charge >= 0.3 is 0 Å². The summed E-state index contributed by atoms with van der Waals surface area (Å²) in [6.45, 7) is 2.02. The fourth-order valence-corrected chi connectivity index (χ4v) is 8.87. The molecule has 67 heavy (non-hydrogen) atoms. The molecule has 0 aliphatic rings. The van der Waals surface area contributed by atoms with Crippen LogP contribution in [-0.4, -0.2) is 19.6 Å². The molecule has 2 aromatic heterocycles. The molecule has 7 aromatic carbocycles. The summed E-state index contributed by atoms with van der Waals surface area (Å²) in [5.41, 5.74) is 4.63. The van der Waals surface area contributed by atoms with Gasteiger partial charge in [-0.25, -0.2) is 4.98 Å². The molecule has 0 aliphatic heterocycles. The van der Waals surface area contributed by atoms with E-state index in [0.29, 0.717) is 55.8 Å². The third-order valence-corrected chi connectivity index (χ3v) is 12.3. The lowest BCUT2D eigenvalue weighted by Gasteiger charge is -2.26. The van der Waals surface area contributed by atoms with Gasteiger partial charge in [-0.05, 0) is 158 Å². The molecule has 0 amide bonds. The summed E-state index contributed by atoms with van der Waals surface area (Å²) in [6.07, 6.45) is 1.40. The quantitative estimate of drug-likeness (QED) is 0.173. The second-order valence-corrected chi connectivity index (χ2v) is 19.5. The van der Waals surface area contributed by atoms with Crippen LogP contribution in [0.25, 0.3) is 83.9 Å². The molecule has 0 fully saturated rings. The van der Waals surface area contributed by atoms with E-state index in [2.05, 4.69) is 32.9 Å². The molecule has 9 aromatic rings. The molecule has 0 spiro atoms.